The van der Waals surface area contributed by atoms with E-state index in [4.69, 9.17) is 0 Å². The third-order valence-corrected chi connectivity index (χ3v) is 4.56. The van der Waals surface area contributed by atoms with Crippen molar-refractivity contribution in [3.05, 3.63) is 81.7 Å². The zero-order chi connectivity index (χ0) is 16.8. The average molecular weight is 399 g/mol. The SMILES string of the molecule is C=CCN=c1scc(-c2ccc(Br)cc2)n1N=Cc1ccccn1. The van der Waals surface area contributed by atoms with Crippen molar-refractivity contribution in [1.29, 1.82) is 0 Å². The molecule has 0 unspecified atom stereocenters. The summed E-state index contributed by atoms with van der Waals surface area (Å²) in [6.07, 6.45) is 5.26. The number of halogens is 1. The van der Waals surface area contributed by atoms with Gasteiger partial charge in [0.2, 0.25) is 4.80 Å². The van der Waals surface area contributed by atoms with Crippen molar-refractivity contribution in [2.24, 2.45) is 10.1 Å². The Morgan fingerprint density at radius 2 is 2.04 bits per heavy atom. The van der Waals surface area contributed by atoms with Crippen LogP contribution in [-0.4, -0.2) is 22.4 Å². The van der Waals surface area contributed by atoms with E-state index >= 15 is 0 Å². The molecule has 0 saturated heterocycles. The van der Waals surface area contributed by atoms with E-state index in [-0.39, 0.29) is 0 Å². The molecule has 0 spiro atoms. The Hall–Kier alpha value is -2.31. The third kappa shape index (κ3) is 3.96. The van der Waals surface area contributed by atoms with Crippen LogP contribution < -0.4 is 4.80 Å². The number of pyridine rings is 1. The molecule has 0 N–H and O–H groups in total. The molecule has 0 radical (unpaired) electrons. The van der Waals surface area contributed by atoms with Crippen LogP contribution in [0, 0.1) is 0 Å². The minimum Gasteiger partial charge on any atom is -0.255 e. The van der Waals surface area contributed by atoms with Gasteiger partial charge in [-0.25, -0.2) is 4.68 Å². The quantitative estimate of drug-likeness (QED) is 0.465. The van der Waals surface area contributed by atoms with Crippen LogP contribution >= 0.6 is 27.3 Å². The Bertz CT molecular complexity index is 908. The summed E-state index contributed by atoms with van der Waals surface area (Å²) in [7, 11) is 0. The maximum absolute atomic E-state index is 4.59. The van der Waals surface area contributed by atoms with E-state index in [0.29, 0.717) is 6.54 Å². The number of thiazole rings is 1. The fourth-order valence-electron chi connectivity index (χ4n) is 2.05. The average Bonchev–Trinajstić information content (AvgIpc) is 3.02. The zero-order valence-corrected chi connectivity index (χ0v) is 15.2. The van der Waals surface area contributed by atoms with Gasteiger partial charge < -0.3 is 0 Å². The van der Waals surface area contributed by atoms with Gasteiger partial charge in [0.05, 0.1) is 24.1 Å². The summed E-state index contributed by atoms with van der Waals surface area (Å²) < 4.78 is 2.88. The molecule has 0 aliphatic heterocycles. The predicted octanol–water partition coefficient (Wildman–Crippen LogP) is 4.34. The molecule has 0 saturated carbocycles. The molecule has 0 atom stereocenters. The van der Waals surface area contributed by atoms with Crippen LogP contribution in [0.4, 0.5) is 0 Å². The molecule has 120 valence electrons. The van der Waals surface area contributed by atoms with Crippen LogP contribution in [0.15, 0.2) is 81.3 Å². The highest BCUT2D eigenvalue weighted by molar-refractivity contribution is 9.10. The third-order valence-electron chi connectivity index (χ3n) is 3.17. The van der Waals surface area contributed by atoms with Crippen LogP contribution in [0.3, 0.4) is 0 Å². The number of aromatic nitrogens is 2. The van der Waals surface area contributed by atoms with Gasteiger partial charge >= 0.3 is 0 Å². The molecule has 3 rings (SSSR count). The van der Waals surface area contributed by atoms with Crippen molar-refractivity contribution in [2.75, 3.05) is 6.54 Å². The lowest BCUT2D eigenvalue weighted by atomic mass is 10.2. The second-order valence-corrected chi connectivity index (χ2v) is 6.60. The van der Waals surface area contributed by atoms with E-state index in [9.17, 15) is 0 Å². The molecule has 2 aromatic heterocycles. The van der Waals surface area contributed by atoms with E-state index in [2.05, 4.69) is 55.1 Å². The van der Waals surface area contributed by atoms with Gasteiger partial charge in [0, 0.05) is 21.6 Å². The van der Waals surface area contributed by atoms with Gasteiger partial charge in [-0.3, -0.25) is 9.98 Å². The first-order valence-corrected chi connectivity index (χ1v) is 8.98. The highest BCUT2D eigenvalue weighted by atomic mass is 79.9. The molecule has 3 aromatic rings. The minimum atomic E-state index is 0.555. The van der Waals surface area contributed by atoms with Crippen molar-refractivity contribution in [2.45, 2.75) is 0 Å². The Balaban J connectivity index is 2.06. The Morgan fingerprint density at radius 1 is 1.21 bits per heavy atom. The molecular formula is C18H15BrN4S. The van der Waals surface area contributed by atoms with Crippen molar-refractivity contribution >= 4 is 33.5 Å². The largest absolute Gasteiger partial charge is 0.255 e. The van der Waals surface area contributed by atoms with E-state index in [1.165, 1.54) is 0 Å². The topological polar surface area (TPSA) is 42.5 Å². The number of rotatable bonds is 5. The number of hydrogen-bond donors (Lipinski definition) is 0. The second-order valence-electron chi connectivity index (χ2n) is 4.85. The summed E-state index contributed by atoms with van der Waals surface area (Å²) >= 11 is 5.02. The highest BCUT2D eigenvalue weighted by Gasteiger charge is 2.07. The summed E-state index contributed by atoms with van der Waals surface area (Å²) in [5, 5.41) is 6.64. The standard InChI is InChI=1S/C18H15BrN4S/c1-2-10-21-18-23(22-12-16-5-3-4-11-20-16)17(13-24-18)14-6-8-15(19)9-7-14/h2-9,11-13H,1,10H2. The van der Waals surface area contributed by atoms with Crippen molar-refractivity contribution in [3.63, 3.8) is 0 Å². The van der Waals surface area contributed by atoms with E-state index in [0.717, 1.165) is 26.2 Å². The monoisotopic (exact) mass is 398 g/mol. The highest BCUT2D eigenvalue weighted by Crippen LogP contribution is 2.22. The van der Waals surface area contributed by atoms with Crippen LogP contribution in [0.2, 0.25) is 0 Å². The molecule has 6 heteroatoms. The van der Waals surface area contributed by atoms with Gasteiger partial charge in [0.15, 0.2) is 0 Å². The molecule has 0 aliphatic carbocycles. The van der Waals surface area contributed by atoms with Gasteiger partial charge in [0.1, 0.15) is 0 Å². The zero-order valence-electron chi connectivity index (χ0n) is 12.8. The molecule has 0 amide bonds. The van der Waals surface area contributed by atoms with Gasteiger partial charge in [-0.15, -0.1) is 17.9 Å². The van der Waals surface area contributed by atoms with Crippen molar-refractivity contribution in [1.82, 2.24) is 9.66 Å². The predicted molar refractivity (Wildman–Crippen MR) is 103 cm³/mol. The summed E-state index contributed by atoms with van der Waals surface area (Å²) in [4.78, 5) is 9.61. The molecular weight excluding hydrogens is 384 g/mol. The van der Waals surface area contributed by atoms with Gasteiger partial charge in [-0.05, 0) is 24.3 Å². The van der Waals surface area contributed by atoms with Crippen LogP contribution in [0.1, 0.15) is 5.69 Å². The summed E-state index contributed by atoms with van der Waals surface area (Å²) in [5.41, 5.74) is 2.86. The van der Waals surface area contributed by atoms with Gasteiger partial charge in [-0.2, -0.15) is 5.10 Å². The molecule has 0 bridgehead atoms. The van der Waals surface area contributed by atoms with Gasteiger partial charge in [-0.1, -0.05) is 40.2 Å². The molecule has 0 fully saturated rings. The van der Waals surface area contributed by atoms with E-state index < -0.39 is 0 Å². The lowest BCUT2D eigenvalue weighted by Crippen LogP contribution is -2.12. The molecule has 4 nitrogen and oxygen atoms in total. The number of benzene rings is 1. The Kier molecular flexibility index (Phi) is 5.51. The number of hydrogen-bond acceptors (Lipinski definition) is 4. The Labute approximate surface area is 152 Å². The smallest absolute Gasteiger partial charge is 0.206 e. The Morgan fingerprint density at radius 3 is 2.75 bits per heavy atom. The van der Waals surface area contributed by atoms with E-state index in [1.54, 1.807) is 29.8 Å². The summed E-state index contributed by atoms with van der Waals surface area (Å²) in [6, 6.07) is 13.9. The molecule has 0 aliphatic rings. The lowest BCUT2D eigenvalue weighted by molar-refractivity contribution is 0.839. The van der Waals surface area contributed by atoms with E-state index in [1.807, 2.05) is 35.0 Å². The summed E-state index contributed by atoms with van der Waals surface area (Å²) in [5.74, 6) is 0. The molecule has 1 aromatic carbocycles. The van der Waals surface area contributed by atoms with Crippen LogP contribution in [0.5, 0.6) is 0 Å². The summed E-state index contributed by atoms with van der Waals surface area (Å²) in [6.45, 7) is 4.28. The van der Waals surface area contributed by atoms with Crippen molar-refractivity contribution < 1.29 is 0 Å². The first-order chi connectivity index (χ1) is 11.8. The second kappa shape index (κ2) is 7.99. The number of nitrogens with zero attached hydrogens (tertiary/aromatic N) is 4. The first kappa shape index (κ1) is 16.5. The van der Waals surface area contributed by atoms with Crippen LogP contribution in [0.25, 0.3) is 11.3 Å². The fraction of sp³-hybridized carbons (Fsp3) is 0.0556. The van der Waals surface area contributed by atoms with Gasteiger partial charge in [0.25, 0.3) is 0 Å². The minimum absolute atomic E-state index is 0.555. The molecule has 2 heterocycles. The normalized spacial score (nSPS) is 12.0. The fourth-order valence-corrected chi connectivity index (χ4v) is 3.16. The van der Waals surface area contributed by atoms with Crippen molar-refractivity contribution in [3.8, 4) is 11.3 Å². The lowest BCUT2D eigenvalue weighted by Gasteiger charge is -2.03. The maximum Gasteiger partial charge on any atom is 0.206 e. The molecule has 24 heavy (non-hydrogen) atoms. The first-order valence-electron chi connectivity index (χ1n) is 7.31. The maximum atomic E-state index is 4.59. The van der Waals surface area contributed by atoms with Crippen LogP contribution in [-0.2, 0) is 0 Å².